The van der Waals surface area contributed by atoms with Crippen molar-refractivity contribution in [3.63, 3.8) is 0 Å². The molecule has 1 aliphatic heterocycles. The summed E-state index contributed by atoms with van der Waals surface area (Å²) in [5.41, 5.74) is 0.515. The van der Waals surface area contributed by atoms with E-state index in [-0.39, 0.29) is 0 Å². The van der Waals surface area contributed by atoms with Crippen molar-refractivity contribution in [2.75, 3.05) is 32.8 Å². The van der Waals surface area contributed by atoms with Gasteiger partial charge in [-0.15, -0.1) is 0 Å². The average molecular weight is 267 g/mol. The van der Waals surface area contributed by atoms with Crippen molar-refractivity contribution in [2.45, 2.75) is 53.4 Å². The summed E-state index contributed by atoms with van der Waals surface area (Å²) < 4.78 is 5.52. The van der Waals surface area contributed by atoms with Crippen molar-refractivity contribution in [3.05, 3.63) is 0 Å². The molecular formula is C17H33NO. The minimum absolute atomic E-state index is 0.515. The maximum absolute atomic E-state index is 5.52. The first-order valence-electron chi connectivity index (χ1n) is 8.35. The fourth-order valence-electron chi connectivity index (χ4n) is 4.23. The molecule has 2 fully saturated rings. The maximum atomic E-state index is 5.52. The molecule has 19 heavy (non-hydrogen) atoms. The summed E-state index contributed by atoms with van der Waals surface area (Å²) in [6, 6.07) is 0. The Labute approximate surface area is 119 Å². The molecule has 0 bridgehead atoms. The molecule has 0 N–H and O–H groups in total. The van der Waals surface area contributed by atoms with Crippen LogP contribution in [0.25, 0.3) is 0 Å². The second kappa shape index (κ2) is 6.58. The predicted octanol–water partition coefficient (Wildman–Crippen LogP) is 3.81. The standard InChI is InChI=1S/C17H33NO/c1-5-16-7-8-18(13-17(16,3)4)11-14-9-15(10-14)12-19-6-2/h14-16H,5-13H2,1-4H3. The minimum atomic E-state index is 0.515. The van der Waals surface area contributed by atoms with Gasteiger partial charge < -0.3 is 9.64 Å². The first kappa shape index (κ1) is 15.3. The van der Waals surface area contributed by atoms with Crippen LogP contribution in [0, 0.1) is 23.2 Å². The first-order valence-corrected chi connectivity index (χ1v) is 8.35. The molecule has 0 aromatic carbocycles. The van der Waals surface area contributed by atoms with Crippen molar-refractivity contribution in [1.82, 2.24) is 4.90 Å². The summed E-state index contributed by atoms with van der Waals surface area (Å²) >= 11 is 0. The largest absolute Gasteiger partial charge is 0.381 e. The Bertz CT molecular complexity index is 270. The van der Waals surface area contributed by atoms with Crippen molar-refractivity contribution < 1.29 is 4.74 Å². The van der Waals surface area contributed by atoms with Crippen molar-refractivity contribution in [1.29, 1.82) is 0 Å². The predicted molar refractivity (Wildman–Crippen MR) is 81.3 cm³/mol. The van der Waals surface area contributed by atoms with Gasteiger partial charge in [0.25, 0.3) is 0 Å². The molecule has 112 valence electrons. The van der Waals surface area contributed by atoms with Gasteiger partial charge >= 0.3 is 0 Å². The van der Waals surface area contributed by atoms with Gasteiger partial charge in [-0.25, -0.2) is 0 Å². The maximum Gasteiger partial charge on any atom is 0.0494 e. The van der Waals surface area contributed by atoms with Gasteiger partial charge in [-0.2, -0.15) is 0 Å². The zero-order valence-corrected chi connectivity index (χ0v) is 13.5. The Morgan fingerprint density at radius 1 is 1.16 bits per heavy atom. The third-order valence-electron chi connectivity index (χ3n) is 5.43. The molecule has 0 radical (unpaired) electrons. The summed E-state index contributed by atoms with van der Waals surface area (Å²) in [7, 11) is 0. The van der Waals surface area contributed by atoms with E-state index >= 15 is 0 Å². The summed E-state index contributed by atoms with van der Waals surface area (Å²) in [5.74, 6) is 2.72. The van der Waals surface area contributed by atoms with Crippen LogP contribution in [0.5, 0.6) is 0 Å². The van der Waals surface area contributed by atoms with Crippen LogP contribution in [0.1, 0.15) is 53.4 Å². The Morgan fingerprint density at radius 3 is 2.47 bits per heavy atom. The summed E-state index contributed by atoms with van der Waals surface area (Å²) in [6.45, 7) is 15.2. The summed E-state index contributed by atoms with van der Waals surface area (Å²) in [6.07, 6.45) is 5.54. The van der Waals surface area contributed by atoms with Crippen LogP contribution in [-0.2, 0) is 4.74 Å². The average Bonchev–Trinajstić information content (AvgIpc) is 2.31. The third-order valence-corrected chi connectivity index (χ3v) is 5.43. The smallest absolute Gasteiger partial charge is 0.0494 e. The van der Waals surface area contributed by atoms with E-state index in [0.717, 1.165) is 31.0 Å². The molecule has 0 amide bonds. The fourth-order valence-corrected chi connectivity index (χ4v) is 4.23. The van der Waals surface area contributed by atoms with Gasteiger partial charge in [0.05, 0.1) is 0 Å². The molecule has 2 heteroatoms. The number of hydrogen-bond acceptors (Lipinski definition) is 2. The van der Waals surface area contributed by atoms with Crippen molar-refractivity contribution in [2.24, 2.45) is 23.2 Å². The molecule has 1 atom stereocenters. The van der Waals surface area contributed by atoms with Crippen LogP contribution in [-0.4, -0.2) is 37.7 Å². The quantitative estimate of drug-likeness (QED) is 0.725. The number of ether oxygens (including phenoxy) is 1. The Morgan fingerprint density at radius 2 is 1.89 bits per heavy atom. The van der Waals surface area contributed by atoms with E-state index in [1.165, 1.54) is 45.3 Å². The van der Waals surface area contributed by atoms with Gasteiger partial charge in [0, 0.05) is 26.3 Å². The zero-order chi connectivity index (χ0) is 13.9. The molecule has 1 saturated heterocycles. The normalized spacial score (nSPS) is 35.1. The molecule has 2 rings (SSSR count). The highest BCUT2D eigenvalue weighted by molar-refractivity contribution is 4.89. The van der Waals surface area contributed by atoms with Crippen LogP contribution in [0.3, 0.4) is 0 Å². The third kappa shape index (κ3) is 3.95. The van der Waals surface area contributed by atoms with E-state index < -0.39 is 0 Å². The molecule has 2 nitrogen and oxygen atoms in total. The number of piperidine rings is 1. The van der Waals surface area contributed by atoms with Crippen LogP contribution in [0.15, 0.2) is 0 Å². The molecular weight excluding hydrogens is 234 g/mol. The minimum Gasteiger partial charge on any atom is -0.381 e. The summed E-state index contributed by atoms with van der Waals surface area (Å²) in [5, 5.41) is 0. The molecule has 1 unspecified atom stereocenters. The second-order valence-electron chi connectivity index (χ2n) is 7.48. The van der Waals surface area contributed by atoms with Crippen molar-refractivity contribution in [3.8, 4) is 0 Å². The molecule has 0 aromatic rings. The van der Waals surface area contributed by atoms with E-state index in [2.05, 4.69) is 32.6 Å². The second-order valence-corrected chi connectivity index (χ2v) is 7.48. The molecule has 1 heterocycles. The molecule has 1 aliphatic carbocycles. The molecule has 2 aliphatic rings. The monoisotopic (exact) mass is 267 g/mol. The Hall–Kier alpha value is -0.0800. The van der Waals surface area contributed by atoms with Gasteiger partial charge in [-0.3, -0.25) is 0 Å². The number of hydrogen-bond donors (Lipinski definition) is 0. The molecule has 0 aromatic heterocycles. The lowest BCUT2D eigenvalue weighted by Gasteiger charge is -2.47. The van der Waals surface area contributed by atoms with Gasteiger partial charge in [-0.1, -0.05) is 27.2 Å². The van der Waals surface area contributed by atoms with Gasteiger partial charge in [0.2, 0.25) is 0 Å². The number of likely N-dealkylation sites (tertiary alicyclic amines) is 1. The lowest BCUT2D eigenvalue weighted by atomic mass is 9.71. The van der Waals surface area contributed by atoms with Gasteiger partial charge in [0.1, 0.15) is 0 Å². The first-order chi connectivity index (χ1) is 9.05. The van der Waals surface area contributed by atoms with Crippen LogP contribution >= 0.6 is 0 Å². The van der Waals surface area contributed by atoms with Crippen LogP contribution in [0.2, 0.25) is 0 Å². The topological polar surface area (TPSA) is 12.5 Å². The fraction of sp³-hybridized carbons (Fsp3) is 1.00. The highest BCUT2D eigenvalue weighted by Crippen LogP contribution is 2.39. The van der Waals surface area contributed by atoms with E-state index in [1.807, 2.05) is 0 Å². The van der Waals surface area contributed by atoms with E-state index in [4.69, 9.17) is 4.74 Å². The van der Waals surface area contributed by atoms with E-state index in [1.54, 1.807) is 0 Å². The summed E-state index contributed by atoms with van der Waals surface area (Å²) in [4.78, 5) is 2.73. The van der Waals surface area contributed by atoms with E-state index in [0.29, 0.717) is 5.41 Å². The molecule has 1 saturated carbocycles. The van der Waals surface area contributed by atoms with Gasteiger partial charge in [0.15, 0.2) is 0 Å². The highest BCUT2D eigenvalue weighted by Gasteiger charge is 2.37. The number of rotatable bonds is 6. The van der Waals surface area contributed by atoms with Crippen LogP contribution < -0.4 is 0 Å². The van der Waals surface area contributed by atoms with Crippen LogP contribution in [0.4, 0.5) is 0 Å². The SMILES string of the molecule is CCOCC1CC(CN2CCC(CC)C(C)(C)C2)C1. The zero-order valence-electron chi connectivity index (χ0n) is 13.5. The highest BCUT2D eigenvalue weighted by atomic mass is 16.5. The Balaban J connectivity index is 1.68. The Kier molecular flexibility index (Phi) is 5.30. The van der Waals surface area contributed by atoms with Gasteiger partial charge in [-0.05, 0) is 55.9 Å². The number of nitrogens with zero attached hydrogens (tertiary/aromatic N) is 1. The van der Waals surface area contributed by atoms with Crippen molar-refractivity contribution >= 4 is 0 Å². The molecule has 0 spiro atoms. The van der Waals surface area contributed by atoms with E-state index in [9.17, 15) is 0 Å². The lowest BCUT2D eigenvalue weighted by Crippen LogP contribution is -2.48. The lowest BCUT2D eigenvalue weighted by molar-refractivity contribution is 0.00475.